The number of likely N-dealkylation sites (N-methyl/N-ethyl adjacent to an activating group) is 1. The van der Waals surface area contributed by atoms with Crippen LogP contribution in [0.25, 0.3) is 11.1 Å². The molecule has 1 saturated heterocycles. The second-order valence-electron chi connectivity index (χ2n) is 9.24. The molecule has 38 heavy (non-hydrogen) atoms. The van der Waals surface area contributed by atoms with Gasteiger partial charge in [0.15, 0.2) is 11.0 Å². The first-order valence-corrected chi connectivity index (χ1v) is 13.6. The zero-order chi connectivity index (χ0) is 28.0. The molecular weight excluding hydrogens is 519 g/mol. The van der Waals surface area contributed by atoms with Crippen molar-refractivity contribution in [2.75, 3.05) is 40.8 Å². The second kappa shape index (κ2) is 12.9. The van der Waals surface area contributed by atoms with E-state index in [-0.39, 0.29) is 19.1 Å². The Bertz CT molecular complexity index is 1140. The van der Waals surface area contributed by atoms with Crippen LogP contribution < -0.4 is 20.9 Å². The first-order valence-electron chi connectivity index (χ1n) is 12.4. The molecule has 12 heteroatoms. The molecule has 1 saturated carbocycles. The van der Waals surface area contributed by atoms with Crippen LogP contribution in [0.4, 0.5) is 18.0 Å². The third kappa shape index (κ3) is 5.98. The van der Waals surface area contributed by atoms with Crippen molar-refractivity contribution in [3.8, 4) is 16.9 Å². The Hall–Kier alpha value is -2.67. The Morgan fingerprint density at radius 2 is 1.74 bits per heavy atom. The van der Waals surface area contributed by atoms with Crippen molar-refractivity contribution in [3.05, 3.63) is 53.8 Å². The van der Waals surface area contributed by atoms with E-state index in [1.807, 2.05) is 0 Å². The van der Waals surface area contributed by atoms with Crippen molar-refractivity contribution in [1.29, 1.82) is 0 Å². The van der Waals surface area contributed by atoms with Gasteiger partial charge in [-0.05, 0) is 45.0 Å². The number of amides is 2. The molecule has 1 aliphatic carbocycles. The fraction of sp³-hybridized carbons (Fsp3) is 0.500. The number of nitrogens with one attached hydrogen (secondary N) is 1. The standard InChI is InChI=1S/C24H26F3N3O3S.2CH5N/c1-29-11-12-33-19-8-3-2-6-16(19)17-7-4-5-15(20(17)25)13-18-21(28-34(32)22(26)27)24(9-10-24)14-30(18)23(29)31;2*1-2/h2-8,18,21-22,28H,9-14H2,1H3;2*2H2,1H3. The van der Waals surface area contributed by atoms with Gasteiger partial charge in [0.2, 0.25) is 0 Å². The van der Waals surface area contributed by atoms with Gasteiger partial charge in [-0.1, -0.05) is 36.4 Å². The van der Waals surface area contributed by atoms with Crippen LogP contribution in [0.1, 0.15) is 18.4 Å². The van der Waals surface area contributed by atoms with E-state index in [2.05, 4.69) is 16.2 Å². The molecule has 2 aromatic carbocycles. The van der Waals surface area contributed by atoms with E-state index in [9.17, 15) is 17.8 Å². The molecule has 8 nitrogen and oxygen atoms in total. The molecule has 2 amide bonds. The summed E-state index contributed by atoms with van der Waals surface area (Å²) in [6.45, 7) is 0.854. The highest BCUT2D eigenvalue weighted by atomic mass is 32.2. The normalized spacial score (nSPS) is 22.3. The van der Waals surface area contributed by atoms with Gasteiger partial charge in [0.25, 0.3) is 0 Å². The number of carbonyl (C=O) groups excluding carboxylic acids is 1. The number of rotatable bonds is 3. The Morgan fingerprint density at radius 3 is 2.39 bits per heavy atom. The van der Waals surface area contributed by atoms with Gasteiger partial charge in [-0.15, -0.1) is 0 Å². The number of halogens is 3. The lowest BCUT2D eigenvalue weighted by molar-refractivity contribution is 0.146. The minimum atomic E-state index is -3.05. The molecule has 0 aromatic heterocycles. The predicted molar refractivity (Wildman–Crippen MR) is 143 cm³/mol. The SMILES string of the molecule is CN.CN.CN1CCOc2ccccc2-c2cccc(c2F)CC2C(NS(=O)C(F)F)C3(CC3)CN2C1=O. The van der Waals surface area contributed by atoms with Crippen molar-refractivity contribution in [2.45, 2.75) is 37.1 Å². The molecule has 2 fully saturated rings. The van der Waals surface area contributed by atoms with Crippen LogP contribution in [0.3, 0.4) is 0 Å². The maximum atomic E-state index is 15.8. The van der Waals surface area contributed by atoms with Crippen LogP contribution in [0, 0.1) is 11.2 Å². The number of fused-ring (bicyclic) bond motifs is 5. The molecular formula is C26H36F3N5O3S. The first-order chi connectivity index (χ1) is 18.3. The van der Waals surface area contributed by atoms with Crippen molar-refractivity contribution in [2.24, 2.45) is 16.9 Å². The van der Waals surface area contributed by atoms with Crippen molar-refractivity contribution in [3.63, 3.8) is 0 Å². The highest BCUT2D eigenvalue weighted by molar-refractivity contribution is 7.83. The number of nitrogens with two attached hydrogens (primary N) is 2. The van der Waals surface area contributed by atoms with Gasteiger partial charge in [0.05, 0.1) is 12.6 Å². The molecule has 5 rings (SSSR count). The summed E-state index contributed by atoms with van der Waals surface area (Å²) in [5.41, 5.74) is 9.91. The minimum absolute atomic E-state index is 0.113. The number of benzene rings is 2. The number of nitrogens with zero attached hydrogens (tertiary/aromatic N) is 2. The van der Waals surface area contributed by atoms with Gasteiger partial charge in [0, 0.05) is 36.2 Å². The Kier molecular flexibility index (Phi) is 10.2. The maximum absolute atomic E-state index is 15.8. The topological polar surface area (TPSA) is 114 Å². The van der Waals surface area contributed by atoms with Crippen LogP contribution in [-0.4, -0.2) is 78.7 Å². The largest absolute Gasteiger partial charge is 0.491 e. The molecule has 3 unspecified atom stereocenters. The van der Waals surface area contributed by atoms with Crippen molar-refractivity contribution in [1.82, 2.24) is 14.5 Å². The van der Waals surface area contributed by atoms with Crippen molar-refractivity contribution >= 4 is 17.0 Å². The Labute approximate surface area is 224 Å². The molecule has 3 aliphatic rings. The van der Waals surface area contributed by atoms with Crippen molar-refractivity contribution < 1.29 is 26.9 Å². The van der Waals surface area contributed by atoms with E-state index in [1.165, 1.54) is 19.0 Å². The molecule has 2 bridgehead atoms. The lowest BCUT2D eigenvalue weighted by atomic mass is 9.91. The molecule has 2 aliphatic heterocycles. The van der Waals surface area contributed by atoms with Crippen LogP contribution in [0.2, 0.25) is 0 Å². The van der Waals surface area contributed by atoms with Crippen LogP contribution in [0.15, 0.2) is 42.5 Å². The number of urea groups is 1. The van der Waals surface area contributed by atoms with E-state index in [0.717, 1.165) is 12.8 Å². The van der Waals surface area contributed by atoms with Crippen LogP contribution in [-0.2, 0) is 17.4 Å². The lowest BCUT2D eigenvalue weighted by Crippen LogP contribution is -2.51. The summed E-state index contributed by atoms with van der Waals surface area (Å²) < 4.78 is 62.8. The molecule has 2 heterocycles. The fourth-order valence-corrected chi connectivity index (χ4v) is 5.94. The number of para-hydroxylation sites is 1. The number of hydrogen-bond donors (Lipinski definition) is 3. The summed E-state index contributed by atoms with van der Waals surface area (Å²) in [6.07, 6.45) is 1.57. The van der Waals surface area contributed by atoms with Gasteiger partial charge in [-0.2, -0.15) is 8.78 Å². The molecule has 3 atom stereocenters. The van der Waals surface area contributed by atoms with Crippen LogP contribution in [0.5, 0.6) is 5.75 Å². The summed E-state index contributed by atoms with van der Waals surface area (Å²) in [5.74, 6) is -2.97. The smallest absolute Gasteiger partial charge is 0.325 e. The third-order valence-electron chi connectivity index (χ3n) is 7.17. The average molecular weight is 556 g/mol. The van der Waals surface area contributed by atoms with Crippen LogP contribution >= 0.6 is 0 Å². The number of ether oxygens (including phenoxy) is 1. The number of carbonyl (C=O) groups is 1. The highest BCUT2D eigenvalue weighted by Crippen LogP contribution is 2.55. The first kappa shape index (κ1) is 29.9. The van der Waals surface area contributed by atoms with Gasteiger partial charge < -0.3 is 26.0 Å². The summed E-state index contributed by atoms with van der Waals surface area (Å²) >= 11 is 0. The quantitative estimate of drug-likeness (QED) is 0.539. The fourth-order valence-electron chi connectivity index (χ4n) is 5.18. The zero-order valence-electron chi connectivity index (χ0n) is 21.8. The molecule has 210 valence electrons. The van der Waals surface area contributed by atoms with E-state index in [0.29, 0.717) is 35.5 Å². The highest BCUT2D eigenvalue weighted by Gasteiger charge is 2.61. The van der Waals surface area contributed by atoms with E-state index in [4.69, 9.17) is 4.74 Å². The minimum Gasteiger partial charge on any atom is -0.491 e. The van der Waals surface area contributed by atoms with Gasteiger partial charge in [-0.3, -0.25) is 0 Å². The number of alkyl halides is 2. The van der Waals surface area contributed by atoms with E-state index < -0.39 is 40.1 Å². The lowest BCUT2D eigenvalue weighted by Gasteiger charge is -2.32. The summed E-state index contributed by atoms with van der Waals surface area (Å²) in [5, 5.41) is 0. The molecule has 1 spiro atoms. The average Bonchev–Trinajstić information content (AvgIpc) is 3.66. The Balaban J connectivity index is 0.000000956. The third-order valence-corrected chi connectivity index (χ3v) is 7.98. The summed E-state index contributed by atoms with van der Waals surface area (Å²) in [6, 6.07) is 10.7. The molecule has 2 aromatic rings. The predicted octanol–water partition coefficient (Wildman–Crippen LogP) is 2.94. The zero-order valence-corrected chi connectivity index (χ0v) is 22.6. The monoisotopic (exact) mass is 555 g/mol. The molecule has 5 N–H and O–H groups in total. The Morgan fingerprint density at radius 1 is 1.08 bits per heavy atom. The molecule has 0 radical (unpaired) electrons. The van der Waals surface area contributed by atoms with Gasteiger partial charge >= 0.3 is 11.8 Å². The summed E-state index contributed by atoms with van der Waals surface area (Å²) in [4.78, 5) is 16.6. The maximum Gasteiger partial charge on any atom is 0.325 e. The summed E-state index contributed by atoms with van der Waals surface area (Å²) in [7, 11) is 2.09. The second-order valence-corrected chi connectivity index (χ2v) is 10.4. The van der Waals surface area contributed by atoms with Gasteiger partial charge in [-0.25, -0.2) is 18.1 Å². The van der Waals surface area contributed by atoms with Gasteiger partial charge in [0.1, 0.15) is 18.2 Å². The number of hydrogen-bond acceptors (Lipinski definition) is 5. The van der Waals surface area contributed by atoms with E-state index >= 15 is 4.39 Å². The van der Waals surface area contributed by atoms with E-state index in [1.54, 1.807) is 54.4 Å².